The van der Waals surface area contributed by atoms with Gasteiger partial charge in [0.25, 0.3) is 5.91 Å². The van der Waals surface area contributed by atoms with Crippen molar-refractivity contribution in [3.63, 3.8) is 0 Å². The molecule has 0 radical (unpaired) electrons. The highest BCUT2D eigenvalue weighted by Gasteiger charge is 2.29. The number of nitrogens with two attached hydrogens (primary N) is 1. The molecule has 14 nitrogen and oxygen atoms in total. The van der Waals surface area contributed by atoms with Crippen LogP contribution in [0.25, 0.3) is 0 Å². The lowest BCUT2D eigenvalue weighted by Crippen LogP contribution is -2.41. The number of halogens is 3. The van der Waals surface area contributed by atoms with E-state index < -0.39 is 41.9 Å². The molecule has 0 saturated carbocycles. The summed E-state index contributed by atoms with van der Waals surface area (Å²) in [7, 11) is 2.52. The summed E-state index contributed by atoms with van der Waals surface area (Å²) in [6.45, 7) is 7.76. The Kier molecular flexibility index (Phi) is 26.1. The number of methoxy groups -OCH3 is 1. The Morgan fingerprint density at radius 1 is 0.976 bits per heavy atom. The van der Waals surface area contributed by atoms with Crippen LogP contribution in [0.2, 0.25) is 0 Å². The minimum atomic E-state index is -4.26. The maximum absolute atomic E-state index is 11.2. The zero-order valence-corrected chi connectivity index (χ0v) is 24.4. The van der Waals surface area contributed by atoms with E-state index in [2.05, 4.69) is 13.7 Å². The van der Waals surface area contributed by atoms with E-state index in [0.717, 1.165) is 7.11 Å². The average Bonchev–Trinajstić information content (AvgIpc) is 2.87. The zero-order chi connectivity index (χ0) is 32.4. The number of ether oxygens (including phenoxy) is 5. The Morgan fingerprint density at radius 2 is 1.49 bits per heavy atom. The van der Waals surface area contributed by atoms with Gasteiger partial charge < -0.3 is 43.8 Å². The number of carboxylic acid groups (broad SMARTS) is 2. The third-order valence-corrected chi connectivity index (χ3v) is 4.27. The fraction of sp³-hybridized carbons (Fsp3) is 0.609. The molecule has 1 aromatic rings. The zero-order valence-electron chi connectivity index (χ0n) is 23.5. The SMILES string of the molecule is CCOC(=O)O.CCOC(=O)O.CCOC(=O)OC[C@H](CC(C)[n+]1cccc(C(N)=O)c1)OC.COSC(F)(F)F. The van der Waals surface area contributed by atoms with E-state index in [0.29, 0.717) is 12.0 Å². The van der Waals surface area contributed by atoms with Gasteiger partial charge in [0.15, 0.2) is 18.4 Å². The minimum Gasteiger partial charge on any atom is -0.450 e. The number of nitrogens with zero attached hydrogens (tertiary/aromatic N) is 1. The summed E-state index contributed by atoms with van der Waals surface area (Å²) < 4.78 is 61.1. The van der Waals surface area contributed by atoms with Crippen LogP contribution in [0.4, 0.5) is 27.6 Å². The molecule has 1 aromatic heterocycles. The van der Waals surface area contributed by atoms with Crippen LogP contribution in [0.5, 0.6) is 0 Å². The first-order valence-electron chi connectivity index (χ1n) is 11.7. The van der Waals surface area contributed by atoms with E-state index in [9.17, 15) is 32.3 Å². The molecule has 1 rings (SSSR count). The Labute approximate surface area is 240 Å². The van der Waals surface area contributed by atoms with Crippen molar-refractivity contribution >= 4 is 36.4 Å². The predicted octanol–water partition coefficient (Wildman–Crippen LogP) is 4.41. The molecule has 41 heavy (non-hydrogen) atoms. The number of hydrogen-bond donors (Lipinski definition) is 3. The highest BCUT2D eigenvalue weighted by molar-refractivity contribution is 7.95. The number of carbonyl (C=O) groups excluding carboxylic acids is 2. The molecule has 4 N–H and O–H groups in total. The molecule has 0 aliphatic rings. The Balaban J connectivity index is -0.000000616. The quantitative estimate of drug-likeness (QED) is 0.136. The Morgan fingerprint density at radius 3 is 1.80 bits per heavy atom. The molecule has 0 spiro atoms. The molecule has 1 amide bonds. The molecule has 0 aliphatic heterocycles. The first kappa shape index (κ1) is 42.0. The number of aromatic nitrogens is 1. The lowest BCUT2D eigenvalue weighted by molar-refractivity contribution is -0.721. The summed E-state index contributed by atoms with van der Waals surface area (Å²) in [4.78, 5) is 41.1. The summed E-state index contributed by atoms with van der Waals surface area (Å²) >= 11 is -0.512. The number of amides is 1. The van der Waals surface area contributed by atoms with Crippen LogP contribution in [0, 0.1) is 0 Å². The number of rotatable bonds is 11. The summed E-state index contributed by atoms with van der Waals surface area (Å²) in [5.74, 6) is -0.476. The van der Waals surface area contributed by atoms with Crippen LogP contribution in [-0.2, 0) is 27.9 Å². The topological polar surface area (TPSA) is 194 Å². The van der Waals surface area contributed by atoms with Crippen molar-refractivity contribution in [2.45, 2.75) is 51.8 Å². The van der Waals surface area contributed by atoms with Gasteiger partial charge in [0.2, 0.25) is 0 Å². The maximum atomic E-state index is 11.2. The molecule has 18 heteroatoms. The lowest BCUT2D eigenvalue weighted by atomic mass is 10.1. The smallest absolute Gasteiger partial charge is 0.450 e. The molecule has 2 atom stereocenters. The first-order valence-corrected chi connectivity index (χ1v) is 12.4. The van der Waals surface area contributed by atoms with Crippen LogP contribution in [0.15, 0.2) is 24.5 Å². The van der Waals surface area contributed by atoms with Gasteiger partial charge in [0, 0.05) is 19.6 Å². The van der Waals surface area contributed by atoms with Crippen LogP contribution in [-0.4, -0.2) is 86.8 Å². The average molecular weight is 624 g/mol. The van der Waals surface area contributed by atoms with Gasteiger partial charge in [-0.2, -0.15) is 13.2 Å². The molecule has 0 saturated heterocycles. The largest absolute Gasteiger partial charge is 0.508 e. The van der Waals surface area contributed by atoms with Crippen LogP contribution >= 0.6 is 12.0 Å². The van der Waals surface area contributed by atoms with E-state index in [-0.39, 0.29) is 38.6 Å². The van der Waals surface area contributed by atoms with Crippen molar-refractivity contribution in [2.24, 2.45) is 5.73 Å². The predicted molar refractivity (Wildman–Crippen MR) is 138 cm³/mol. The molecule has 0 bridgehead atoms. The van der Waals surface area contributed by atoms with Crippen molar-refractivity contribution in [3.8, 4) is 0 Å². The van der Waals surface area contributed by atoms with Crippen molar-refractivity contribution in [3.05, 3.63) is 30.1 Å². The van der Waals surface area contributed by atoms with E-state index in [1.807, 2.05) is 17.7 Å². The van der Waals surface area contributed by atoms with Crippen molar-refractivity contribution in [1.82, 2.24) is 0 Å². The van der Waals surface area contributed by atoms with Crippen molar-refractivity contribution in [2.75, 3.05) is 40.6 Å². The minimum absolute atomic E-state index is 0.0371. The van der Waals surface area contributed by atoms with Crippen molar-refractivity contribution < 1.29 is 75.0 Å². The van der Waals surface area contributed by atoms with Gasteiger partial charge in [-0.15, -0.1) is 0 Å². The molecule has 1 heterocycles. The highest BCUT2D eigenvalue weighted by atomic mass is 32.2. The fourth-order valence-corrected chi connectivity index (χ4v) is 2.50. The number of hydrogen-bond acceptors (Lipinski definition) is 11. The van der Waals surface area contributed by atoms with E-state index >= 15 is 0 Å². The summed E-state index contributed by atoms with van der Waals surface area (Å²) in [6, 6.07) is 3.45. The van der Waals surface area contributed by atoms with Gasteiger partial charge in [0.05, 0.1) is 33.0 Å². The Bertz CT molecular complexity index is 863. The first-order chi connectivity index (χ1) is 19.1. The van der Waals surface area contributed by atoms with Crippen LogP contribution in [0.1, 0.15) is 50.5 Å². The van der Waals surface area contributed by atoms with Gasteiger partial charge in [-0.1, -0.05) is 0 Å². The third-order valence-electron chi connectivity index (χ3n) is 3.92. The monoisotopic (exact) mass is 623 g/mol. The molecule has 0 fully saturated rings. The second kappa shape index (κ2) is 25.5. The second-order valence-corrected chi connectivity index (χ2v) is 7.90. The maximum Gasteiger partial charge on any atom is 0.508 e. The fourth-order valence-electron chi connectivity index (χ4n) is 2.31. The van der Waals surface area contributed by atoms with Gasteiger partial charge in [-0.3, -0.25) is 4.79 Å². The van der Waals surface area contributed by atoms with E-state index in [1.54, 1.807) is 46.2 Å². The third kappa shape index (κ3) is 29.3. The molecule has 0 aliphatic carbocycles. The molecular weight excluding hydrogens is 585 g/mol. The molecule has 0 aromatic carbocycles. The Hall–Kier alpha value is -3.51. The van der Waals surface area contributed by atoms with Gasteiger partial charge in [-0.25, -0.2) is 19.0 Å². The lowest BCUT2D eigenvalue weighted by Gasteiger charge is -2.17. The standard InChI is InChI=1S/C15H22N2O5.2C3H6O3.C2H3F3OS/c1-4-21-15(19)22-10-13(20-3)8-11(2)17-7-5-6-12(9-17)14(16)18;2*1-2-6-3(4)5;1-6-7-2(3,4)5/h5-7,9,11,13H,4,8,10H2,1-3H3,(H-,16,18);2*2H2,1H3,(H,4,5);1H3/p+1/t11?,13-;;;/m0.../s1. The van der Waals surface area contributed by atoms with Crippen molar-refractivity contribution in [1.29, 1.82) is 0 Å². The number of carbonyl (C=O) groups is 4. The second-order valence-electron chi connectivity index (χ2n) is 6.93. The highest BCUT2D eigenvalue weighted by Crippen LogP contribution is 2.29. The normalized spacial score (nSPS) is 11.3. The van der Waals surface area contributed by atoms with Gasteiger partial charge in [0.1, 0.15) is 24.2 Å². The van der Waals surface area contributed by atoms with Gasteiger partial charge in [-0.05, 0) is 33.8 Å². The summed E-state index contributed by atoms with van der Waals surface area (Å²) in [5.41, 5.74) is 1.45. The van der Waals surface area contributed by atoms with Gasteiger partial charge >= 0.3 is 24.0 Å². The van der Waals surface area contributed by atoms with Crippen LogP contribution in [0.3, 0.4) is 0 Å². The molecule has 238 valence electrons. The van der Waals surface area contributed by atoms with E-state index in [1.165, 1.54) is 0 Å². The molecular formula is C23H38F3N2O12S+. The summed E-state index contributed by atoms with van der Waals surface area (Å²) in [5, 5.41) is 15.4. The van der Waals surface area contributed by atoms with E-state index in [4.69, 9.17) is 30.2 Å². The number of primary amides is 1. The number of pyridine rings is 1. The summed E-state index contributed by atoms with van der Waals surface area (Å²) in [6.07, 6.45) is 0.727. The van der Waals surface area contributed by atoms with Crippen LogP contribution < -0.4 is 10.3 Å². The molecule has 1 unspecified atom stereocenters. The number of alkyl halides is 3.